The SMILES string of the molecule is O=C([C@@H]1CCCN(S(=O)(=O)c2ccccc2)C1)N1CCCc2ccccc21. The van der Waals surface area contributed by atoms with Gasteiger partial charge in [-0.15, -0.1) is 0 Å². The third-order valence-corrected chi connectivity index (χ3v) is 7.37. The first-order chi connectivity index (χ1) is 13.1. The maximum Gasteiger partial charge on any atom is 0.243 e. The van der Waals surface area contributed by atoms with E-state index in [1.54, 1.807) is 30.3 Å². The minimum Gasteiger partial charge on any atom is -0.312 e. The molecule has 0 unspecified atom stereocenters. The zero-order chi connectivity index (χ0) is 18.9. The van der Waals surface area contributed by atoms with Crippen LogP contribution in [0.1, 0.15) is 24.8 Å². The number of rotatable bonds is 3. The van der Waals surface area contributed by atoms with Crippen molar-refractivity contribution in [2.24, 2.45) is 5.92 Å². The van der Waals surface area contributed by atoms with E-state index in [2.05, 4.69) is 6.07 Å². The Morgan fingerprint density at radius 2 is 1.67 bits per heavy atom. The van der Waals surface area contributed by atoms with Gasteiger partial charge in [-0.3, -0.25) is 4.79 Å². The maximum atomic E-state index is 13.2. The average molecular weight is 385 g/mol. The molecular formula is C21H24N2O3S. The van der Waals surface area contributed by atoms with Gasteiger partial charge in [0.2, 0.25) is 15.9 Å². The largest absolute Gasteiger partial charge is 0.312 e. The van der Waals surface area contributed by atoms with Crippen LogP contribution < -0.4 is 4.90 Å². The van der Waals surface area contributed by atoms with Crippen LogP contribution in [0.5, 0.6) is 0 Å². The van der Waals surface area contributed by atoms with Crippen molar-refractivity contribution in [1.29, 1.82) is 0 Å². The van der Waals surface area contributed by atoms with E-state index < -0.39 is 10.0 Å². The molecule has 2 aliphatic heterocycles. The number of hydrogen-bond acceptors (Lipinski definition) is 3. The Labute approximate surface area is 160 Å². The molecule has 0 aliphatic carbocycles. The van der Waals surface area contributed by atoms with E-state index in [0.717, 1.165) is 24.9 Å². The lowest BCUT2D eigenvalue weighted by molar-refractivity contribution is -0.123. The van der Waals surface area contributed by atoms with Gasteiger partial charge in [0.1, 0.15) is 0 Å². The fourth-order valence-corrected chi connectivity index (χ4v) is 5.63. The third-order valence-electron chi connectivity index (χ3n) is 5.49. The molecule has 2 aromatic carbocycles. The fourth-order valence-electron chi connectivity index (χ4n) is 4.09. The van der Waals surface area contributed by atoms with Crippen molar-refractivity contribution >= 4 is 21.6 Å². The van der Waals surface area contributed by atoms with Crippen molar-refractivity contribution in [2.75, 3.05) is 24.5 Å². The van der Waals surface area contributed by atoms with Gasteiger partial charge in [-0.1, -0.05) is 36.4 Å². The van der Waals surface area contributed by atoms with Gasteiger partial charge in [-0.05, 0) is 49.4 Å². The van der Waals surface area contributed by atoms with Crippen LogP contribution in [0, 0.1) is 5.92 Å². The summed E-state index contributed by atoms with van der Waals surface area (Å²) in [6, 6.07) is 16.5. The van der Waals surface area contributed by atoms with E-state index in [4.69, 9.17) is 0 Å². The van der Waals surface area contributed by atoms with E-state index in [1.165, 1.54) is 9.87 Å². The molecule has 5 nitrogen and oxygen atoms in total. The summed E-state index contributed by atoms with van der Waals surface area (Å²) in [7, 11) is -3.56. The summed E-state index contributed by atoms with van der Waals surface area (Å²) in [5.74, 6) is -0.237. The second-order valence-corrected chi connectivity index (χ2v) is 9.18. The molecule has 6 heteroatoms. The Morgan fingerprint density at radius 3 is 2.48 bits per heavy atom. The van der Waals surface area contributed by atoms with Gasteiger partial charge in [0.15, 0.2) is 0 Å². The highest BCUT2D eigenvalue weighted by Crippen LogP contribution is 2.31. The number of anilines is 1. The average Bonchev–Trinajstić information content (AvgIpc) is 2.73. The molecule has 2 aromatic rings. The summed E-state index contributed by atoms with van der Waals surface area (Å²) in [6.07, 6.45) is 3.37. The highest BCUT2D eigenvalue weighted by atomic mass is 32.2. The van der Waals surface area contributed by atoms with Gasteiger partial charge in [0, 0.05) is 25.3 Å². The van der Waals surface area contributed by atoms with Crippen LogP contribution in [0.4, 0.5) is 5.69 Å². The number of amides is 1. The summed E-state index contributed by atoms with van der Waals surface area (Å²) in [4.78, 5) is 15.4. The van der Waals surface area contributed by atoms with E-state index in [9.17, 15) is 13.2 Å². The second-order valence-electron chi connectivity index (χ2n) is 7.24. The van der Waals surface area contributed by atoms with Crippen molar-refractivity contribution in [3.8, 4) is 0 Å². The molecule has 0 saturated carbocycles. The van der Waals surface area contributed by atoms with Crippen LogP contribution in [0.3, 0.4) is 0 Å². The molecule has 2 heterocycles. The Hall–Kier alpha value is -2.18. The van der Waals surface area contributed by atoms with Crippen LogP contribution in [0.25, 0.3) is 0 Å². The highest BCUT2D eigenvalue weighted by molar-refractivity contribution is 7.89. The number of sulfonamides is 1. The van der Waals surface area contributed by atoms with Crippen molar-refractivity contribution in [3.05, 3.63) is 60.2 Å². The zero-order valence-electron chi connectivity index (χ0n) is 15.3. The number of hydrogen-bond donors (Lipinski definition) is 0. The summed E-state index contributed by atoms with van der Waals surface area (Å²) in [6.45, 7) is 1.43. The number of piperidine rings is 1. The molecule has 0 N–H and O–H groups in total. The molecule has 1 amide bonds. The van der Waals surface area contributed by atoms with Crippen LogP contribution in [0.15, 0.2) is 59.5 Å². The lowest BCUT2D eigenvalue weighted by Gasteiger charge is -2.36. The van der Waals surface area contributed by atoms with Gasteiger partial charge in [-0.2, -0.15) is 4.31 Å². The number of nitrogens with zero attached hydrogens (tertiary/aromatic N) is 2. The number of carbonyl (C=O) groups is 1. The number of aryl methyl sites for hydroxylation is 1. The van der Waals surface area contributed by atoms with Crippen molar-refractivity contribution in [3.63, 3.8) is 0 Å². The van der Waals surface area contributed by atoms with Gasteiger partial charge < -0.3 is 4.90 Å². The Kier molecular flexibility index (Phi) is 5.02. The quantitative estimate of drug-likeness (QED) is 0.817. The van der Waals surface area contributed by atoms with Gasteiger partial charge in [0.25, 0.3) is 0 Å². The first-order valence-electron chi connectivity index (χ1n) is 9.52. The molecule has 1 fully saturated rings. The van der Waals surface area contributed by atoms with Crippen LogP contribution in [0.2, 0.25) is 0 Å². The van der Waals surface area contributed by atoms with Crippen LogP contribution in [-0.4, -0.2) is 38.3 Å². The van der Waals surface area contributed by atoms with E-state index >= 15 is 0 Å². The minimum absolute atomic E-state index is 0.0510. The topological polar surface area (TPSA) is 57.7 Å². The van der Waals surface area contributed by atoms with Gasteiger partial charge in [-0.25, -0.2) is 8.42 Å². The van der Waals surface area contributed by atoms with E-state index in [1.807, 2.05) is 23.1 Å². The normalized spacial score (nSPS) is 20.9. The van der Waals surface area contributed by atoms with Crippen molar-refractivity contribution in [2.45, 2.75) is 30.6 Å². The molecular weight excluding hydrogens is 360 g/mol. The predicted octanol–water partition coefficient (Wildman–Crippen LogP) is 3.07. The standard InChI is InChI=1S/C21H24N2O3S/c24-21(23-15-7-9-17-8-4-5-13-20(17)23)18-10-6-14-22(16-18)27(25,26)19-11-2-1-3-12-19/h1-5,8,11-13,18H,6-7,9-10,14-16H2/t18-/m1/s1. The summed E-state index contributed by atoms with van der Waals surface area (Å²) >= 11 is 0. The smallest absolute Gasteiger partial charge is 0.243 e. The van der Waals surface area contributed by atoms with Gasteiger partial charge in [0.05, 0.1) is 10.8 Å². The Morgan fingerprint density at radius 1 is 0.926 bits per heavy atom. The van der Waals surface area contributed by atoms with Gasteiger partial charge >= 0.3 is 0 Å². The molecule has 1 saturated heterocycles. The van der Waals surface area contributed by atoms with E-state index in [0.29, 0.717) is 24.4 Å². The van der Waals surface area contributed by atoms with Crippen molar-refractivity contribution < 1.29 is 13.2 Å². The van der Waals surface area contributed by atoms with E-state index in [-0.39, 0.29) is 18.4 Å². The summed E-state index contributed by atoms with van der Waals surface area (Å²) in [5.41, 5.74) is 2.18. The monoisotopic (exact) mass is 384 g/mol. The van der Waals surface area contributed by atoms with Crippen LogP contribution >= 0.6 is 0 Å². The summed E-state index contributed by atoms with van der Waals surface area (Å²) in [5, 5.41) is 0. The molecule has 4 rings (SSSR count). The molecule has 0 spiro atoms. The number of benzene rings is 2. The predicted molar refractivity (Wildman–Crippen MR) is 105 cm³/mol. The molecule has 2 aliphatic rings. The molecule has 0 bridgehead atoms. The minimum atomic E-state index is -3.56. The maximum absolute atomic E-state index is 13.2. The molecule has 0 radical (unpaired) electrons. The lowest BCUT2D eigenvalue weighted by Crippen LogP contribution is -2.48. The molecule has 142 valence electrons. The second kappa shape index (κ2) is 7.44. The number of fused-ring (bicyclic) bond motifs is 1. The first kappa shape index (κ1) is 18.2. The highest BCUT2D eigenvalue weighted by Gasteiger charge is 2.36. The molecule has 0 aromatic heterocycles. The fraction of sp³-hybridized carbons (Fsp3) is 0.381. The number of carbonyl (C=O) groups excluding carboxylic acids is 1. The van der Waals surface area contributed by atoms with Crippen molar-refractivity contribution in [1.82, 2.24) is 4.31 Å². The molecule has 1 atom stereocenters. The summed E-state index contributed by atoms with van der Waals surface area (Å²) < 4.78 is 27.3. The molecule has 27 heavy (non-hydrogen) atoms. The Bertz CT molecular complexity index is 927. The number of para-hydroxylation sites is 1. The lowest BCUT2D eigenvalue weighted by atomic mass is 9.95. The third kappa shape index (κ3) is 3.51. The zero-order valence-corrected chi connectivity index (χ0v) is 16.1. The van der Waals surface area contributed by atoms with Crippen LogP contribution in [-0.2, 0) is 21.2 Å². The Balaban J connectivity index is 1.55. The first-order valence-corrected chi connectivity index (χ1v) is 11.0.